The number of carbonyl (C=O) groups is 1. The smallest absolute Gasteiger partial charge is 0.229 e. The number of amides is 1. The van der Waals surface area contributed by atoms with Gasteiger partial charge >= 0.3 is 0 Å². The Bertz CT molecular complexity index is 239. The monoisotopic (exact) mass is 207 g/mol. The quantitative estimate of drug-likeness (QED) is 0.605. The molecule has 0 aromatic rings. The molecule has 0 radical (unpaired) electrons. The van der Waals surface area contributed by atoms with Crippen LogP contribution in [0.4, 0.5) is 0 Å². The number of allylic oxidation sites excluding steroid dienone is 1. The molecule has 15 heavy (non-hydrogen) atoms. The van der Waals surface area contributed by atoms with Gasteiger partial charge in [-0.05, 0) is 32.1 Å². The van der Waals surface area contributed by atoms with Crippen LogP contribution >= 0.6 is 0 Å². The standard InChI is InChI=1S/C13H21NO/c15-13(12-8-4-3-5-9-12)14-10-6-1-2-7-11-14/h4,8,12H,1-3,5-7,9-11H2/t12-/m0/s1. The minimum absolute atomic E-state index is 0.192. The highest BCUT2D eigenvalue weighted by Gasteiger charge is 2.23. The predicted molar refractivity (Wildman–Crippen MR) is 61.5 cm³/mol. The molecule has 0 spiro atoms. The second-order valence-corrected chi connectivity index (χ2v) is 4.71. The summed E-state index contributed by atoms with van der Waals surface area (Å²) in [4.78, 5) is 14.3. The van der Waals surface area contributed by atoms with Crippen LogP contribution < -0.4 is 0 Å². The summed E-state index contributed by atoms with van der Waals surface area (Å²) < 4.78 is 0. The number of rotatable bonds is 1. The average molecular weight is 207 g/mol. The highest BCUT2D eigenvalue weighted by molar-refractivity contribution is 5.80. The Balaban J connectivity index is 1.92. The summed E-state index contributed by atoms with van der Waals surface area (Å²) >= 11 is 0. The van der Waals surface area contributed by atoms with Gasteiger partial charge in [0.1, 0.15) is 0 Å². The fourth-order valence-electron chi connectivity index (χ4n) is 2.54. The third-order valence-corrected chi connectivity index (χ3v) is 3.49. The van der Waals surface area contributed by atoms with Crippen molar-refractivity contribution in [3.05, 3.63) is 12.2 Å². The third-order valence-electron chi connectivity index (χ3n) is 3.49. The minimum atomic E-state index is 0.192. The van der Waals surface area contributed by atoms with E-state index in [1.54, 1.807) is 0 Å². The van der Waals surface area contributed by atoms with E-state index in [1.165, 1.54) is 32.1 Å². The van der Waals surface area contributed by atoms with Crippen LogP contribution in [0, 0.1) is 5.92 Å². The van der Waals surface area contributed by atoms with E-state index < -0.39 is 0 Å². The molecule has 1 aliphatic carbocycles. The first-order valence-corrected chi connectivity index (χ1v) is 6.33. The van der Waals surface area contributed by atoms with Crippen LogP contribution in [0.3, 0.4) is 0 Å². The minimum Gasteiger partial charge on any atom is -0.342 e. The van der Waals surface area contributed by atoms with E-state index in [4.69, 9.17) is 0 Å². The first-order valence-electron chi connectivity index (χ1n) is 6.33. The Kier molecular flexibility index (Phi) is 3.81. The lowest BCUT2D eigenvalue weighted by atomic mass is 9.94. The van der Waals surface area contributed by atoms with Crippen molar-refractivity contribution in [2.24, 2.45) is 5.92 Å². The Hall–Kier alpha value is -0.790. The first-order chi connectivity index (χ1) is 7.38. The van der Waals surface area contributed by atoms with Gasteiger partial charge in [-0.1, -0.05) is 25.0 Å². The van der Waals surface area contributed by atoms with Crippen LogP contribution in [0.1, 0.15) is 44.9 Å². The molecular formula is C13H21NO. The van der Waals surface area contributed by atoms with Crippen molar-refractivity contribution in [1.82, 2.24) is 4.90 Å². The lowest BCUT2D eigenvalue weighted by molar-refractivity contribution is -0.134. The molecule has 0 saturated carbocycles. The summed E-state index contributed by atoms with van der Waals surface area (Å²) in [6.07, 6.45) is 12.7. The second-order valence-electron chi connectivity index (χ2n) is 4.71. The summed E-state index contributed by atoms with van der Waals surface area (Å²) in [7, 11) is 0. The maximum Gasteiger partial charge on any atom is 0.229 e. The molecule has 1 heterocycles. The summed E-state index contributed by atoms with van der Waals surface area (Å²) in [5.74, 6) is 0.574. The van der Waals surface area contributed by atoms with Crippen molar-refractivity contribution in [1.29, 1.82) is 0 Å². The average Bonchev–Trinajstić information content (AvgIpc) is 2.58. The van der Waals surface area contributed by atoms with E-state index in [1.807, 2.05) is 0 Å². The van der Waals surface area contributed by atoms with Gasteiger partial charge < -0.3 is 4.90 Å². The summed E-state index contributed by atoms with van der Waals surface area (Å²) in [6.45, 7) is 1.98. The van der Waals surface area contributed by atoms with Gasteiger partial charge in [0.15, 0.2) is 0 Å². The Morgan fingerprint density at radius 3 is 2.40 bits per heavy atom. The fraction of sp³-hybridized carbons (Fsp3) is 0.769. The van der Waals surface area contributed by atoms with Gasteiger partial charge in [0.05, 0.1) is 5.92 Å². The summed E-state index contributed by atoms with van der Waals surface area (Å²) in [5, 5.41) is 0. The molecule has 1 fully saturated rings. The molecule has 2 nitrogen and oxygen atoms in total. The zero-order valence-electron chi connectivity index (χ0n) is 9.45. The molecule has 0 N–H and O–H groups in total. The van der Waals surface area contributed by atoms with Gasteiger partial charge in [0.2, 0.25) is 5.91 Å². The summed E-state index contributed by atoms with van der Waals surface area (Å²) in [5.41, 5.74) is 0. The highest BCUT2D eigenvalue weighted by Crippen LogP contribution is 2.21. The van der Waals surface area contributed by atoms with Gasteiger partial charge in [0, 0.05) is 13.1 Å². The van der Waals surface area contributed by atoms with Gasteiger partial charge in [0.25, 0.3) is 0 Å². The van der Waals surface area contributed by atoms with Crippen molar-refractivity contribution in [3.63, 3.8) is 0 Å². The van der Waals surface area contributed by atoms with Gasteiger partial charge in [-0.15, -0.1) is 0 Å². The number of nitrogens with zero attached hydrogens (tertiary/aromatic N) is 1. The van der Waals surface area contributed by atoms with Crippen LogP contribution in [-0.2, 0) is 4.79 Å². The summed E-state index contributed by atoms with van der Waals surface area (Å²) in [6, 6.07) is 0. The lowest BCUT2D eigenvalue weighted by Gasteiger charge is -2.25. The first kappa shape index (κ1) is 10.7. The van der Waals surface area contributed by atoms with Crippen molar-refractivity contribution in [2.45, 2.75) is 44.9 Å². The highest BCUT2D eigenvalue weighted by atomic mass is 16.2. The number of hydrogen-bond donors (Lipinski definition) is 0. The zero-order valence-corrected chi connectivity index (χ0v) is 9.45. The van der Waals surface area contributed by atoms with Crippen molar-refractivity contribution in [3.8, 4) is 0 Å². The maximum absolute atomic E-state index is 12.2. The number of likely N-dealkylation sites (tertiary alicyclic amines) is 1. The third kappa shape index (κ3) is 2.83. The zero-order chi connectivity index (χ0) is 10.5. The van der Waals surface area contributed by atoms with Crippen LogP contribution in [0.25, 0.3) is 0 Å². The largest absolute Gasteiger partial charge is 0.342 e. The molecule has 1 amide bonds. The second kappa shape index (κ2) is 5.34. The van der Waals surface area contributed by atoms with E-state index in [2.05, 4.69) is 17.1 Å². The van der Waals surface area contributed by atoms with E-state index in [0.717, 1.165) is 25.9 Å². The van der Waals surface area contributed by atoms with Crippen LogP contribution in [0.15, 0.2) is 12.2 Å². The SMILES string of the molecule is O=C([C@H]1C=CCCC1)N1CCCCCC1. The molecule has 2 rings (SSSR count). The molecule has 2 aliphatic rings. The molecular weight excluding hydrogens is 186 g/mol. The van der Waals surface area contributed by atoms with E-state index in [9.17, 15) is 4.79 Å². The molecule has 0 aromatic heterocycles. The molecule has 1 atom stereocenters. The molecule has 2 heteroatoms. The van der Waals surface area contributed by atoms with Crippen molar-refractivity contribution >= 4 is 5.91 Å². The predicted octanol–water partition coefficient (Wildman–Crippen LogP) is 2.75. The van der Waals surface area contributed by atoms with E-state index in [0.29, 0.717) is 5.91 Å². The number of hydrogen-bond acceptors (Lipinski definition) is 1. The van der Waals surface area contributed by atoms with Crippen LogP contribution in [-0.4, -0.2) is 23.9 Å². The maximum atomic E-state index is 12.2. The normalized spacial score (nSPS) is 27.5. The topological polar surface area (TPSA) is 20.3 Å². The van der Waals surface area contributed by atoms with Gasteiger partial charge in [-0.2, -0.15) is 0 Å². The molecule has 1 saturated heterocycles. The van der Waals surface area contributed by atoms with Crippen LogP contribution in [0.5, 0.6) is 0 Å². The van der Waals surface area contributed by atoms with E-state index in [-0.39, 0.29) is 5.92 Å². The lowest BCUT2D eigenvalue weighted by Crippen LogP contribution is -2.36. The Labute approximate surface area is 92.3 Å². The number of carbonyl (C=O) groups excluding carboxylic acids is 1. The molecule has 0 bridgehead atoms. The van der Waals surface area contributed by atoms with Crippen molar-refractivity contribution < 1.29 is 4.79 Å². The van der Waals surface area contributed by atoms with E-state index >= 15 is 0 Å². The van der Waals surface area contributed by atoms with Gasteiger partial charge in [-0.3, -0.25) is 4.79 Å². The molecule has 0 aromatic carbocycles. The molecule has 1 aliphatic heterocycles. The fourth-order valence-corrected chi connectivity index (χ4v) is 2.54. The molecule has 0 unspecified atom stereocenters. The van der Waals surface area contributed by atoms with Crippen molar-refractivity contribution in [2.75, 3.05) is 13.1 Å². The van der Waals surface area contributed by atoms with Gasteiger partial charge in [-0.25, -0.2) is 0 Å². The Morgan fingerprint density at radius 2 is 1.80 bits per heavy atom. The van der Waals surface area contributed by atoms with Crippen LogP contribution in [0.2, 0.25) is 0 Å². The Morgan fingerprint density at radius 1 is 1.07 bits per heavy atom. The molecule has 84 valence electrons.